The van der Waals surface area contributed by atoms with E-state index >= 15 is 0 Å². The number of aliphatic hydroxyl groups excluding tert-OH is 2. The maximum Gasteiger partial charge on any atom is 0.338 e. The van der Waals surface area contributed by atoms with Gasteiger partial charge in [-0.3, -0.25) is 0 Å². The highest BCUT2D eigenvalue weighted by Gasteiger charge is 2.46. The van der Waals surface area contributed by atoms with Gasteiger partial charge in [-0.05, 0) is 24.3 Å². The van der Waals surface area contributed by atoms with Gasteiger partial charge in [-0.1, -0.05) is 36.4 Å². The molecule has 136 valence electrons. The van der Waals surface area contributed by atoms with E-state index in [9.17, 15) is 19.8 Å². The smallest absolute Gasteiger partial charge is 0.338 e. The highest BCUT2D eigenvalue weighted by molar-refractivity contribution is 5.90. The van der Waals surface area contributed by atoms with Crippen molar-refractivity contribution in [2.45, 2.75) is 24.6 Å². The fourth-order valence-electron chi connectivity index (χ4n) is 2.58. The summed E-state index contributed by atoms with van der Waals surface area (Å²) in [4.78, 5) is 24.2. The first kappa shape index (κ1) is 18.1. The quantitative estimate of drug-likeness (QED) is 0.773. The van der Waals surface area contributed by atoms with E-state index in [4.69, 9.17) is 14.2 Å². The lowest BCUT2D eigenvalue weighted by Crippen LogP contribution is -2.39. The predicted octanol–water partition coefficient (Wildman–Crippen LogP) is 1.15. The summed E-state index contributed by atoms with van der Waals surface area (Å²) < 4.78 is 15.6. The van der Waals surface area contributed by atoms with Crippen LogP contribution in [-0.2, 0) is 14.2 Å². The van der Waals surface area contributed by atoms with Crippen molar-refractivity contribution in [3.8, 4) is 0 Å². The van der Waals surface area contributed by atoms with Crippen molar-refractivity contribution in [1.29, 1.82) is 0 Å². The summed E-state index contributed by atoms with van der Waals surface area (Å²) in [5.74, 6) is -1.26. The van der Waals surface area contributed by atoms with Crippen molar-refractivity contribution < 1.29 is 34.0 Å². The number of carbonyl (C=O) groups is 2. The lowest BCUT2D eigenvalue weighted by atomic mass is 10.1. The largest absolute Gasteiger partial charge is 0.459 e. The first-order chi connectivity index (χ1) is 12.6. The molecule has 2 aromatic rings. The molecule has 26 heavy (non-hydrogen) atoms. The van der Waals surface area contributed by atoms with Crippen LogP contribution in [0.15, 0.2) is 60.7 Å². The van der Waals surface area contributed by atoms with E-state index in [-0.39, 0.29) is 6.61 Å². The molecule has 2 aromatic carbocycles. The third-order valence-electron chi connectivity index (χ3n) is 3.95. The number of hydrogen-bond donors (Lipinski definition) is 2. The summed E-state index contributed by atoms with van der Waals surface area (Å²) in [7, 11) is 0. The molecular formula is C19H18O7. The first-order valence-electron chi connectivity index (χ1n) is 8.06. The Labute approximate surface area is 149 Å². The van der Waals surface area contributed by atoms with Gasteiger partial charge in [-0.15, -0.1) is 0 Å². The molecule has 0 unspecified atom stereocenters. The maximum absolute atomic E-state index is 12.2. The second-order valence-electron chi connectivity index (χ2n) is 5.76. The summed E-state index contributed by atoms with van der Waals surface area (Å²) in [5, 5.41) is 19.7. The molecular weight excluding hydrogens is 340 g/mol. The average molecular weight is 358 g/mol. The number of hydrogen-bond acceptors (Lipinski definition) is 7. The van der Waals surface area contributed by atoms with Crippen LogP contribution in [0.5, 0.6) is 0 Å². The summed E-state index contributed by atoms with van der Waals surface area (Å²) in [6.07, 6.45) is -5.13. The molecule has 4 atom stereocenters. The van der Waals surface area contributed by atoms with Crippen LogP contribution in [-0.4, -0.2) is 53.4 Å². The van der Waals surface area contributed by atoms with Crippen LogP contribution in [0.3, 0.4) is 0 Å². The zero-order chi connectivity index (χ0) is 18.5. The minimum atomic E-state index is -1.54. The number of ether oxygens (including phenoxy) is 3. The van der Waals surface area contributed by atoms with Crippen molar-refractivity contribution in [1.82, 2.24) is 0 Å². The van der Waals surface area contributed by atoms with Gasteiger partial charge in [0.2, 0.25) is 0 Å². The minimum Gasteiger partial charge on any atom is -0.459 e. The highest BCUT2D eigenvalue weighted by Crippen LogP contribution is 2.24. The van der Waals surface area contributed by atoms with Crippen molar-refractivity contribution in [3.05, 3.63) is 71.8 Å². The highest BCUT2D eigenvalue weighted by atomic mass is 16.7. The Morgan fingerprint density at radius 3 is 2.00 bits per heavy atom. The molecule has 2 N–H and O–H groups in total. The second kappa shape index (κ2) is 8.09. The molecule has 7 nitrogen and oxygen atoms in total. The van der Waals surface area contributed by atoms with E-state index in [0.29, 0.717) is 11.1 Å². The van der Waals surface area contributed by atoms with Gasteiger partial charge in [-0.2, -0.15) is 0 Å². The molecule has 0 bridgehead atoms. The second-order valence-corrected chi connectivity index (χ2v) is 5.76. The van der Waals surface area contributed by atoms with Gasteiger partial charge in [0.1, 0.15) is 18.8 Å². The van der Waals surface area contributed by atoms with Crippen LogP contribution in [0.25, 0.3) is 0 Å². The topological polar surface area (TPSA) is 102 Å². The van der Waals surface area contributed by atoms with Crippen molar-refractivity contribution in [2.75, 3.05) is 6.61 Å². The van der Waals surface area contributed by atoms with Gasteiger partial charge < -0.3 is 24.4 Å². The third kappa shape index (κ3) is 4.08. The van der Waals surface area contributed by atoms with Crippen LogP contribution < -0.4 is 0 Å². The molecule has 0 aromatic heterocycles. The van der Waals surface area contributed by atoms with Crippen LogP contribution in [0.1, 0.15) is 20.7 Å². The van der Waals surface area contributed by atoms with E-state index in [1.807, 2.05) is 0 Å². The van der Waals surface area contributed by atoms with E-state index < -0.39 is 36.5 Å². The van der Waals surface area contributed by atoms with Gasteiger partial charge in [0, 0.05) is 0 Å². The number of aliphatic hydroxyl groups is 2. The van der Waals surface area contributed by atoms with Crippen LogP contribution in [0.4, 0.5) is 0 Å². The molecule has 1 heterocycles. The predicted molar refractivity (Wildman–Crippen MR) is 89.3 cm³/mol. The van der Waals surface area contributed by atoms with Gasteiger partial charge in [-0.25, -0.2) is 9.59 Å². The Morgan fingerprint density at radius 1 is 0.885 bits per heavy atom. The molecule has 1 fully saturated rings. The lowest BCUT2D eigenvalue weighted by Gasteiger charge is -2.20. The number of carbonyl (C=O) groups excluding carboxylic acids is 2. The van der Waals surface area contributed by atoms with Gasteiger partial charge >= 0.3 is 11.9 Å². The molecule has 7 heteroatoms. The fourth-order valence-corrected chi connectivity index (χ4v) is 2.58. The van der Waals surface area contributed by atoms with Crippen LogP contribution in [0.2, 0.25) is 0 Å². The minimum absolute atomic E-state index is 0.283. The number of esters is 2. The summed E-state index contributed by atoms with van der Waals surface area (Å²) in [6, 6.07) is 16.6. The van der Waals surface area contributed by atoms with Crippen molar-refractivity contribution >= 4 is 11.9 Å². The zero-order valence-corrected chi connectivity index (χ0v) is 13.7. The normalized spacial score (nSPS) is 24.8. The molecule has 1 saturated heterocycles. The first-order valence-corrected chi connectivity index (χ1v) is 8.06. The summed E-state index contributed by atoms with van der Waals surface area (Å²) in [5.41, 5.74) is 0.644. The van der Waals surface area contributed by atoms with E-state index in [1.165, 1.54) is 0 Å². The number of rotatable bonds is 5. The van der Waals surface area contributed by atoms with Gasteiger partial charge in [0.25, 0.3) is 0 Å². The Bertz CT molecular complexity index is 747. The summed E-state index contributed by atoms with van der Waals surface area (Å²) >= 11 is 0. The molecule has 0 amide bonds. The maximum atomic E-state index is 12.2. The average Bonchev–Trinajstić information content (AvgIpc) is 2.95. The standard InChI is InChI=1S/C19H18O7/c20-15-16(26-18(22)13-9-5-2-6-10-13)14(25-19(15)23)11-24-17(21)12-7-3-1-4-8-12/h1-10,14-16,19-20,23H,11H2/t14-,15-,16-,19+/m1/s1. The van der Waals surface area contributed by atoms with Gasteiger partial charge in [0.05, 0.1) is 11.1 Å². The monoisotopic (exact) mass is 358 g/mol. The Morgan fingerprint density at radius 2 is 1.42 bits per heavy atom. The lowest BCUT2D eigenvalue weighted by molar-refractivity contribution is -0.133. The summed E-state index contributed by atoms with van der Waals surface area (Å²) in [6.45, 7) is -0.283. The molecule has 3 rings (SSSR count). The van der Waals surface area contributed by atoms with Crippen molar-refractivity contribution in [2.24, 2.45) is 0 Å². The van der Waals surface area contributed by atoms with E-state index in [2.05, 4.69) is 0 Å². The zero-order valence-electron chi connectivity index (χ0n) is 13.7. The Kier molecular flexibility index (Phi) is 5.62. The van der Waals surface area contributed by atoms with Crippen LogP contribution in [0, 0.1) is 0 Å². The number of benzene rings is 2. The SMILES string of the molecule is O=C(OC[C@H]1O[C@H](O)[C@H](O)[C@@H]1OC(=O)c1ccccc1)c1ccccc1. The van der Waals surface area contributed by atoms with Crippen molar-refractivity contribution in [3.63, 3.8) is 0 Å². The molecule has 0 saturated carbocycles. The molecule has 0 aliphatic carbocycles. The van der Waals surface area contributed by atoms with E-state index in [0.717, 1.165) is 0 Å². The Balaban J connectivity index is 1.63. The van der Waals surface area contributed by atoms with Crippen LogP contribution >= 0.6 is 0 Å². The Hall–Kier alpha value is -2.74. The fraction of sp³-hybridized carbons (Fsp3) is 0.263. The molecule has 1 aliphatic rings. The molecule has 0 spiro atoms. The third-order valence-corrected chi connectivity index (χ3v) is 3.95. The molecule has 0 radical (unpaired) electrons. The molecule has 1 aliphatic heterocycles. The van der Waals surface area contributed by atoms with Gasteiger partial charge in [0.15, 0.2) is 12.4 Å². The van der Waals surface area contributed by atoms with E-state index in [1.54, 1.807) is 60.7 Å².